The number of rotatable bonds is 5. The van der Waals surface area contributed by atoms with E-state index in [4.69, 9.17) is 4.42 Å². The van der Waals surface area contributed by atoms with E-state index in [0.29, 0.717) is 11.3 Å². The minimum absolute atomic E-state index is 0.0984. The Morgan fingerprint density at radius 1 is 1.10 bits per heavy atom. The number of carboxylic acids is 1. The molecule has 0 fully saturated rings. The molecular weight excluding hydrogens is 438 g/mol. The van der Waals surface area contributed by atoms with Crippen molar-refractivity contribution in [1.29, 1.82) is 0 Å². The van der Waals surface area contributed by atoms with Crippen LogP contribution in [-0.4, -0.2) is 22.7 Å². The van der Waals surface area contributed by atoms with E-state index in [1.54, 1.807) is 41.1 Å². The van der Waals surface area contributed by atoms with Crippen LogP contribution in [-0.2, 0) is 0 Å². The molecule has 0 saturated carbocycles. The molecule has 2 heterocycles. The Hall–Kier alpha value is -3.65. The molecule has 0 aliphatic rings. The molecule has 0 spiro atoms. The Bertz CT molecular complexity index is 1240. The molecule has 144 valence electrons. The Morgan fingerprint density at radius 3 is 2.66 bits per heavy atom. The summed E-state index contributed by atoms with van der Waals surface area (Å²) < 4.78 is 8.22. The van der Waals surface area contributed by atoms with Gasteiger partial charge in [0.2, 0.25) is 0 Å². The van der Waals surface area contributed by atoms with Crippen LogP contribution in [0, 0.1) is 0 Å². The minimum atomic E-state index is -1.23. The van der Waals surface area contributed by atoms with Crippen molar-refractivity contribution in [2.75, 3.05) is 0 Å². The molecule has 29 heavy (non-hydrogen) atoms. The zero-order valence-electron chi connectivity index (χ0n) is 14.8. The van der Waals surface area contributed by atoms with Crippen LogP contribution in [0.4, 0.5) is 0 Å². The number of nitrogens with one attached hydrogen (secondary N) is 1. The first kappa shape index (κ1) is 18.7. The largest absolute Gasteiger partial charge is 0.545 e. The molecule has 1 N–H and O–H groups in total. The molecule has 0 unspecified atom stereocenters. The number of halogens is 1. The van der Waals surface area contributed by atoms with Gasteiger partial charge in [-0.2, -0.15) is 5.10 Å². The van der Waals surface area contributed by atoms with Crippen molar-refractivity contribution in [3.05, 3.63) is 88.4 Å². The number of hydrogen-bond donors (Lipinski definition) is 1. The summed E-state index contributed by atoms with van der Waals surface area (Å²) in [5.74, 6) is -1.54. The number of aromatic carboxylic acids is 1. The zero-order chi connectivity index (χ0) is 20.4. The van der Waals surface area contributed by atoms with Gasteiger partial charge in [-0.1, -0.05) is 28.1 Å². The Labute approximate surface area is 173 Å². The van der Waals surface area contributed by atoms with E-state index in [1.165, 1.54) is 18.3 Å². The summed E-state index contributed by atoms with van der Waals surface area (Å²) in [4.78, 5) is 23.2. The smallest absolute Gasteiger partial charge is 0.307 e. The van der Waals surface area contributed by atoms with E-state index in [9.17, 15) is 14.7 Å². The summed E-state index contributed by atoms with van der Waals surface area (Å²) in [6.45, 7) is 0. The maximum Gasteiger partial charge on any atom is 0.307 e. The monoisotopic (exact) mass is 450 g/mol. The SMILES string of the molecule is O=C([O-])c1ccc(-n2cccc2C=NNC(=O)c2cc3cc(Br)ccc3o2)cc1. The van der Waals surface area contributed by atoms with E-state index in [1.807, 2.05) is 18.2 Å². The van der Waals surface area contributed by atoms with Crippen LogP contribution in [0.1, 0.15) is 26.6 Å². The highest BCUT2D eigenvalue weighted by Crippen LogP contribution is 2.23. The minimum Gasteiger partial charge on any atom is -0.545 e. The van der Waals surface area contributed by atoms with Crippen molar-refractivity contribution in [3.8, 4) is 5.69 Å². The zero-order valence-corrected chi connectivity index (χ0v) is 16.4. The lowest BCUT2D eigenvalue weighted by Gasteiger charge is -2.08. The Kier molecular flexibility index (Phi) is 5.01. The van der Waals surface area contributed by atoms with Gasteiger partial charge < -0.3 is 18.9 Å². The third-order valence-electron chi connectivity index (χ3n) is 4.23. The predicted molar refractivity (Wildman–Crippen MR) is 109 cm³/mol. The standard InChI is InChI=1S/C21H14BrN3O4/c22-15-5-8-18-14(10-15)11-19(29-18)20(26)24-23-12-17-2-1-9-25(17)16-6-3-13(4-7-16)21(27)28/h1-12H,(H,24,26)(H,27,28)/p-1. The molecule has 0 radical (unpaired) electrons. The molecule has 0 aliphatic carbocycles. The number of benzene rings is 2. The number of furan rings is 1. The first-order valence-electron chi connectivity index (χ1n) is 8.53. The number of hydrazone groups is 1. The van der Waals surface area contributed by atoms with Gasteiger partial charge in [-0.3, -0.25) is 4.79 Å². The van der Waals surface area contributed by atoms with Crippen LogP contribution in [0.5, 0.6) is 0 Å². The van der Waals surface area contributed by atoms with Crippen LogP contribution in [0.15, 0.2) is 80.9 Å². The summed E-state index contributed by atoms with van der Waals surface area (Å²) >= 11 is 3.38. The van der Waals surface area contributed by atoms with Crippen molar-refractivity contribution >= 4 is 45.0 Å². The highest BCUT2D eigenvalue weighted by atomic mass is 79.9. The van der Waals surface area contributed by atoms with Gasteiger partial charge in [-0.25, -0.2) is 5.43 Å². The quantitative estimate of drug-likeness (QED) is 0.372. The summed E-state index contributed by atoms with van der Waals surface area (Å²) in [6.07, 6.45) is 3.29. The van der Waals surface area contributed by atoms with E-state index >= 15 is 0 Å². The molecule has 8 heteroatoms. The van der Waals surface area contributed by atoms with Gasteiger partial charge >= 0.3 is 5.91 Å². The molecule has 0 bridgehead atoms. The average molecular weight is 451 g/mol. The molecular formula is C21H13BrN3O4-. The van der Waals surface area contributed by atoms with Gasteiger partial charge in [0.05, 0.1) is 17.9 Å². The van der Waals surface area contributed by atoms with Gasteiger partial charge in [-0.15, -0.1) is 0 Å². The number of fused-ring (bicyclic) bond motifs is 1. The molecule has 0 atom stereocenters. The van der Waals surface area contributed by atoms with E-state index in [2.05, 4.69) is 26.5 Å². The van der Waals surface area contributed by atoms with Crippen LogP contribution in [0.25, 0.3) is 16.7 Å². The van der Waals surface area contributed by atoms with E-state index < -0.39 is 11.9 Å². The number of amides is 1. The highest BCUT2D eigenvalue weighted by Gasteiger charge is 2.12. The first-order valence-corrected chi connectivity index (χ1v) is 9.32. The van der Waals surface area contributed by atoms with E-state index in [0.717, 1.165) is 15.5 Å². The van der Waals surface area contributed by atoms with Crippen LogP contribution in [0.2, 0.25) is 0 Å². The number of aromatic nitrogens is 1. The molecule has 4 rings (SSSR count). The van der Waals surface area contributed by atoms with Gasteiger partial charge in [-0.05, 0) is 54.1 Å². The number of carbonyl (C=O) groups is 2. The van der Waals surface area contributed by atoms with Crippen LogP contribution < -0.4 is 10.5 Å². The van der Waals surface area contributed by atoms with Gasteiger partial charge in [0.25, 0.3) is 0 Å². The summed E-state index contributed by atoms with van der Waals surface area (Å²) in [6, 6.07) is 17.0. The second-order valence-corrected chi connectivity index (χ2v) is 7.04. The fourth-order valence-electron chi connectivity index (χ4n) is 2.83. The first-order chi connectivity index (χ1) is 14.0. The van der Waals surface area contributed by atoms with Crippen molar-refractivity contribution in [2.45, 2.75) is 0 Å². The summed E-state index contributed by atoms with van der Waals surface area (Å²) in [5, 5.41) is 15.7. The molecule has 0 saturated heterocycles. The number of hydrogen-bond acceptors (Lipinski definition) is 5. The third kappa shape index (κ3) is 3.97. The van der Waals surface area contributed by atoms with Crippen molar-refractivity contribution in [1.82, 2.24) is 9.99 Å². The van der Waals surface area contributed by atoms with Crippen LogP contribution in [0.3, 0.4) is 0 Å². The fourth-order valence-corrected chi connectivity index (χ4v) is 3.21. The maximum atomic E-state index is 12.3. The Balaban J connectivity index is 1.49. The van der Waals surface area contributed by atoms with E-state index in [-0.39, 0.29) is 11.3 Å². The molecule has 1 amide bonds. The second kappa shape index (κ2) is 7.76. The van der Waals surface area contributed by atoms with Gasteiger partial charge in [0.15, 0.2) is 5.76 Å². The normalized spacial score (nSPS) is 11.2. The topological polar surface area (TPSA) is 99.7 Å². The van der Waals surface area contributed by atoms with Crippen molar-refractivity contribution < 1.29 is 19.1 Å². The van der Waals surface area contributed by atoms with Crippen LogP contribution >= 0.6 is 15.9 Å². The molecule has 2 aromatic heterocycles. The Morgan fingerprint density at radius 2 is 1.90 bits per heavy atom. The molecule has 4 aromatic rings. The highest BCUT2D eigenvalue weighted by molar-refractivity contribution is 9.10. The average Bonchev–Trinajstić information content (AvgIpc) is 3.34. The van der Waals surface area contributed by atoms with Gasteiger partial charge in [0, 0.05) is 21.7 Å². The molecule has 0 aliphatic heterocycles. The number of nitrogens with zero attached hydrogens (tertiary/aromatic N) is 2. The lowest BCUT2D eigenvalue weighted by atomic mass is 10.2. The third-order valence-corrected chi connectivity index (χ3v) is 4.72. The molecule has 7 nitrogen and oxygen atoms in total. The summed E-state index contributed by atoms with van der Waals surface area (Å²) in [5.41, 5.74) is 4.59. The number of carbonyl (C=O) groups excluding carboxylic acids is 2. The lowest BCUT2D eigenvalue weighted by Crippen LogP contribution is -2.22. The van der Waals surface area contributed by atoms with Crippen molar-refractivity contribution in [3.63, 3.8) is 0 Å². The summed E-state index contributed by atoms with van der Waals surface area (Å²) in [7, 11) is 0. The second-order valence-electron chi connectivity index (χ2n) is 6.13. The predicted octanol–water partition coefficient (Wildman–Crippen LogP) is 3.11. The number of carboxylic acid groups (broad SMARTS) is 1. The van der Waals surface area contributed by atoms with Gasteiger partial charge in [0.1, 0.15) is 5.58 Å². The molecule has 2 aromatic carbocycles. The lowest BCUT2D eigenvalue weighted by molar-refractivity contribution is -0.255. The fraction of sp³-hybridized carbons (Fsp3) is 0. The maximum absolute atomic E-state index is 12.3. The van der Waals surface area contributed by atoms with Crippen molar-refractivity contribution in [2.24, 2.45) is 5.10 Å².